The highest BCUT2D eigenvalue weighted by atomic mass is 32.2. The first-order valence-electron chi connectivity index (χ1n) is 10.6. The van der Waals surface area contributed by atoms with Crippen molar-refractivity contribution in [2.24, 2.45) is 0 Å². The van der Waals surface area contributed by atoms with E-state index < -0.39 is 10.0 Å². The number of morpholine rings is 1. The standard InChI is InChI=1S/C23H32N2O4S2/c1-16-14-18(23(3,4)5)15-17(2)19(16)6-8-24-22(26)21-20(7-13-30-21)31(27,28)25-9-11-29-12-10-25/h7,13-15H,6,8-12H2,1-5H3,(H,24,26). The van der Waals surface area contributed by atoms with Crippen LogP contribution < -0.4 is 5.32 Å². The fourth-order valence-corrected chi connectivity index (χ4v) is 6.52. The molecule has 1 N–H and O–H groups in total. The third kappa shape index (κ3) is 5.37. The van der Waals surface area contributed by atoms with E-state index in [-0.39, 0.29) is 21.1 Å². The molecule has 31 heavy (non-hydrogen) atoms. The van der Waals surface area contributed by atoms with Crippen LogP contribution in [0.25, 0.3) is 0 Å². The normalized spacial score (nSPS) is 15.8. The Bertz CT molecular complexity index is 1020. The molecule has 0 atom stereocenters. The van der Waals surface area contributed by atoms with Crippen LogP contribution in [0.5, 0.6) is 0 Å². The van der Waals surface area contributed by atoms with Crippen molar-refractivity contribution in [1.29, 1.82) is 0 Å². The average Bonchev–Trinajstić information content (AvgIpc) is 3.20. The van der Waals surface area contributed by atoms with Gasteiger partial charge in [0.15, 0.2) is 0 Å². The highest BCUT2D eigenvalue weighted by Gasteiger charge is 2.31. The van der Waals surface area contributed by atoms with E-state index in [0.29, 0.717) is 39.3 Å². The Morgan fingerprint density at radius 1 is 1.16 bits per heavy atom. The lowest BCUT2D eigenvalue weighted by Crippen LogP contribution is -2.41. The van der Waals surface area contributed by atoms with Crippen LogP contribution >= 0.6 is 11.3 Å². The van der Waals surface area contributed by atoms with Gasteiger partial charge in [-0.05, 0) is 59.4 Å². The van der Waals surface area contributed by atoms with Gasteiger partial charge in [-0.15, -0.1) is 11.3 Å². The number of thiophene rings is 1. The zero-order valence-electron chi connectivity index (χ0n) is 18.9. The number of amides is 1. The predicted molar refractivity (Wildman–Crippen MR) is 125 cm³/mol. The number of ether oxygens (including phenoxy) is 1. The maximum Gasteiger partial charge on any atom is 0.262 e. The molecule has 3 rings (SSSR count). The van der Waals surface area contributed by atoms with E-state index in [9.17, 15) is 13.2 Å². The Balaban J connectivity index is 1.69. The molecule has 1 fully saturated rings. The summed E-state index contributed by atoms with van der Waals surface area (Å²) in [5.74, 6) is -0.344. The Kier molecular flexibility index (Phi) is 7.25. The van der Waals surface area contributed by atoms with Gasteiger partial charge < -0.3 is 10.1 Å². The molecule has 0 saturated carbocycles. The SMILES string of the molecule is Cc1cc(C(C)(C)C)cc(C)c1CCNC(=O)c1sccc1S(=O)(=O)N1CCOCC1. The minimum atomic E-state index is -3.70. The smallest absolute Gasteiger partial charge is 0.262 e. The molecule has 0 unspecified atom stereocenters. The molecule has 0 spiro atoms. The molecule has 2 aromatic rings. The van der Waals surface area contributed by atoms with Gasteiger partial charge in [0.1, 0.15) is 9.77 Å². The van der Waals surface area contributed by atoms with Crippen molar-refractivity contribution in [2.75, 3.05) is 32.8 Å². The molecule has 2 heterocycles. The number of nitrogens with one attached hydrogen (secondary N) is 1. The van der Waals surface area contributed by atoms with E-state index in [1.807, 2.05) is 0 Å². The zero-order valence-corrected chi connectivity index (χ0v) is 20.6. The molecule has 8 heteroatoms. The number of rotatable bonds is 6. The van der Waals surface area contributed by atoms with Crippen LogP contribution in [0.2, 0.25) is 0 Å². The van der Waals surface area contributed by atoms with E-state index in [4.69, 9.17) is 4.74 Å². The van der Waals surface area contributed by atoms with Crippen molar-refractivity contribution in [3.05, 3.63) is 50.7 Å². The minimum absolute atomic E-state index is 0.0822. The van der Waals surface area contributed by atoms with Crippen molar-refractivity contribution in [3.8, 4) is 0 Å². The van der Waals surface area contributed by atoms with E-state index in [0.717, 1.165) is 11.3 Å². The highest BCUT2D eigenvalue weighted by molar-refractivity contribution is 7.89. The Labute approximate surface area is 189 Å². The van der Waals surface area contributed by atoms with E-state index >= 15 is 0 Å². The predicted octanol–water partition coefficient (Wildman–Crippen LogP) is 3.66. The fourth-order valence-electron chi connectivity index (χ4n) is 3.79. The minimum Gasteiger partial charge on any atom is -0.379 e. The molecule has 0 bridgehead atoms. The average molecular weight is 465 g/mol. The van der Waals surface area contributed by atoms with Crippen LogP contribution in [0.15, 0.2) is 28.5 Å². The van der Waals surface area contributed by atoms with Gasteiger partial charge in [-0.3, -0.25) is 4.79 Å². The summed E-state index contributed by atoms with van der Waals surface area (Å²) in [6.45, 7) is 12.6. The number of hydrogen-bond acceptors (Lipinski definition) is 5. The number of carbonyl (C=O) groups is 1. The Hall–Kier alpha value is -1.74. The van der Waals surface area contributed by atoms with E-state index in [1.165, 1.54) is 32.6 Å². The first-order valence-corrected chi connectivity index (χ1v) is 12.9. The monoisotopic (exact) mass is 464 g/mol. The summed E-state index contributed by atoms with van der Waals surface area (Å²) in [5.41, 5.74) is 5.04. The lowest BCUT2D eigenvalue weighted by Gasteiger charge is -2.26. The molecule has 1 aliphatic heterocycles. The van der Waals surface area contributed by atoms with Gasteiger partial charge in [0.2, 0.25) is 10.0 Å². The van der Waals surface area contributed by atoms with Gasteiger partial charge in [-0.1, -0.05) is 32.9 Å². The topological polar surface area (TPSA) is 75.7 Å². The second kappa shape index (κ2) is 9.40. The van der Waals surface area contributed by atoms with Crippen LogP contribution in [-0.2, 0) is 26.6 Å². The second-order valence-corrected chi connectivity index (χ2v) is 11.8. The van der Waals surface area contributed by atoms with Crippen LogP contribution in [0.4, 0.5) is 0 Å². The maximum absolute atomic E-state index is 13.0. The highest BCUT2D eigenvalue weighted by Crippen LogP contribution is 2.28. The Morgan fingerprint density at radius 2 is 1.77 bits per heavy atom. The van der Waals surface area contributed by atoms with E-state index in [2.05, 4.69) is 52.1 Å². The molecule has 1 aromatic carbocycles. The summed E-state index contributed by atoms with van der Waals surface area (Å²) in [5, 5.41) is 4.57. The van der Waals surface area contributed by atoms with Gasteiger partial charge in [0, 0.05) is 19.6 Å². The molecule has 1 aromatic heterocycles. The van der Waals surface area contributed by atoms with Crippen molar-refractivity contribution in [1.82, 2.24) is 9.62 Å². The van der Waals surface area contributed by atoms with E-state index in [1.54, 1.807) is 5.38 Å². The Morgan fingerprint density at radius 3 is 2.35 bits per heavy atom. The van der Waals surface area contributed by atoms with Gasteiger partial charge in [-0.25, -0.2) is 8.42 Å². The summed E-state index contributed by atoms with van der Waals surface area (Å²) in [6.07, 6.45) is 0.699. The third-order valence-corrected chi connectivity index (χ3v) is 8.63. The summed E-state index contributed by atoms with van der Waals surface area (Å²) < 4.78 is 32.6. The van der Waals surface area contributed by atoms with Crippen molar-refractivity contribution in [2.45, 2.75) is 51.3 Å². The third-order valence-electron chi connectivity index (χ3n) is 5.65. The van der Waals surface area contributed by atoms with Gasteiger partial charge in [0.25, 0.3) is 5.91 Å². The van der Waals surface area contributed by atoms with Crippen LogP contribution in [-0.4, -0.2) is 51.5 Å². The van der Waals surface area contributed by atoms with Gasteiger partial charge >= 0.3 is 0 Å². The summed E-state index contributed by atoms with van der Waals surface area (Å²) in [6, 6.07) is 5.96. The molecule has 0 radical (unpaired) electrons. The molecule has 170 valence electrons. The molecule has 1 amide bonds. The quantitative estimate of drug-likeness (QED) is 0.708. The molecular formula is C23H32N2O4S2. The van der Waals surface area contributed by atoms with Crippen molar-refractivity contribution in [3.63, 3.8) is 0 Å². The first-order chi connectivity index (χ1) is 14.5. The first kappa shape index (κ1) is 23.9. The van der Waals surface area contributed by atoms with Gasteiger partial charge in [0.05, 0.1) is 13.2 Å². The summed E-state index contributed by atoms with van der Waals surface area (Å²) in [7, 11) is -3.70. The van der Waals surface area contributed by atoms with Crippen LogP contribution in [0, 0.1) is 13.8 Å². The lowest BCUT2D eigenvalue weighted by atomic mass is 9.83. The molecule has 0 aliphatic carbocycles. The van der Waals surface area contributed by atoms with Crippen molar-refractivity contribution >= 4 is 27.3 Å². The van der Waals surface area contributed by atoms with Crippen LogP contribution in [0.1, 0.15) is 52.7 Å². The number of nitrogens with zero attached hydrogens (tertiary/aromatic N) is 1. The second-order valence-electron chi connectivity index (χ2n) is 8.97. The number of hydrogen-bond donors (Lipinski definition) is 1. The van der Waals surface area contributed by atoms with Gasteiger partial charge in [-0.2, -0.15) is 4.31 Å². The lowest BCUT2D eigenvalue weighted by molar-refractivity contribution is 0.0730. The zero-order chi connectivity index (χ0) is 22.8. The number of sulfonamides is 1. The number of aryl methyl sites for hydroxylation is 2. The number of carbonyl (C=O) groups excluding carboxylic acids is 1. The number of benzene rings is 1. The summed E-state index contributed by atoms with van der Waals surface area (Å²) >= 11 is 1.16. The van der Waals surface area contributed by atoms with Crippen LogP contribution in [0.3, 0.4) is 0 Å². The summed E-state index contributed by atoms with van der Waals surface area (Å²) in [4.78, 5) is 13.1. The molecule has 1 saturated heterocycles. The maximum atomic E-state index is 13.0. The molecule has 1 aliphatic rings. The molecular weight excluding hydrogens is 432 g/mol. The van der Waals surface area contributed by atoms with Crippen molar-refractivity contribution < 1.29 is 17.9 Å². The molecule has 6 nitrogen and oxygen atoms in total. The fraction of sp³-hybridized carbons (Fsp3) is 0.522. The largest absolute Gasteiger partial charge is 0.379 e.